The third-order valence-electron chi connectivity index (χ3n) is 3.06. The van der Waals surface area contributed by atoms with Crippen molar-refractivity contribution in [2.45, 2.75) is 6.04 Å². The number of urea groups is 1. The molecule has 15 heavy (non-hydrogen) atoms. The Labute approximate surface area is 86.8 Å². The number of carbonyl (C=O) groups excluding carboxylic acids is 2. The van der Waals surface area contributed by atoms with Crippen LogP contribution in [0.15, 0.2) is 23.9 Å². The summed E-state index contributed by atoms with van der Waals surface area (Å²) in [5.74, 6) is -0.243. The van der Waals surface area contributed by atoms with Gasteiger partial charge in [-0.3, -0.25) is 4.79 Å². The van der Waals surface area contributed by atoms with Crippen LogP contribution < -0.4 is 10.6 Å². The largest absolute Gasteiger partial charge is 0.354 e. The van der Waals surface area contributed by atoms with E-state index in [1.807, 2.05) is 18.2 Å². The van der Waals surface area contributed by atoms with E-state index in [-0.39, 0.29) is 23.9 Å². The van der Waals surface area contributed by atoms with Crippen LogP contribution in [0.2, 0.25) is 0 Å². The monoisotopic (exact) mass is 205 g/mol. The van der Waals surface area contributed by atoms with Gasteiger partial charge in [0.15, 0.2) is 0 Å². The molecule has 2 fully saturated rings. The normalized spacial score (nSPS) is 32.8. The molecule has 2 aliphatic heterocycles. The Morgan fingerprint density at radius 1 is 1.40 bits per heavy atom. The van der Waals surface area contributed by atoms with E-state index >= 15 is 0 Å². The van der Waals surface area contributed by atoms with Crippen molar-refractivity contribution in [2.75, 3.05) is 13.1 Å². The first-order valence-electron chi connectivity index (χ1n) is 5.01. The van der Waals surface area contributed by atoms with Crippen LogP contribution in [-0.4, -0.2) is 36.0 Å². The average Bonchev–Trinajstić information content (AvgIpc) is 2.43. The molecule has 0 radical (unpaired) electrons. The van der Waals surface area contributed by atoms with Crippen molar-refractivity contribution in [3.8, 4) is 0 Å². The summed E-state index contributed by atoms with van der Waals surface area (Å²) in [6, 6.07) is -0.221. The first kappa shape index (κ1) is 8.52. The smallest absolute Gasteiger partial charge is 0.322 e. The summed E-state index contributed by atoms with van der Waals surface area (Å²) >= 11 is 0. The lowest BCUT2D eigenvalue weighted by Crippen LogP contribution is -2.40. The Kier molecular flexibility index (Phi) is 1.62. The minimum atomic E-state index is -0.244. The molecule has 1 aliphatic carbocycles. The number of nitrogens with zero attached hydrogens (tertiary/aromatic N) is 1. The zero-order valence-corrected chi connectivity index (χ0v) is 8.06. The van der Waals surface area contributed by atoms with Crippen molar-refractivity contribution in [1.29, 1.82) is 0 Å². The van der Waals surface area contributed by atoms with E-state index < -0.39 is 0 Å². The van der Waals surface area contributed by atoms with Crippen LogP contribution >= 0.6 is 0 Å². The highest BCUT2D eigenvalue weighted by molar-refractivity contribution is 5.88. The molecular weight excluding hydrogens is 194 g/mol. The maximum atomic E-state index is 11.7. The minimum Gasteiger partial charge on any atom is -0.354 e. The first-order chi connectivity index (χ1) is 7.27. The molecule has 0 spiro atoms. The van der Waals surface area contributed by atoms with Gasteiger partial charge in [-0.05, 0) is 6.08 Å². The first-order valence-corrected chi connectivity index (χ1v) is 5.01. The van der Waals surface area contributed by atoms with E-state index in [1.165, 1.54) is 0 Å². The number of allylic oxidation sites excluding steroid dienone is 2. The topological polar surface area (TPSA) is 61.4 Å². The molecule has 0 aromatic heterocycles. The van der Waals surface area contributed by atoms with Gasteiger partial charge in [-0.1, -0.05) is 12.2 Å². The van der Waals surface area contributed by atoms with Crippen LogP contribution in [0.25, 0.3) is 0 Å². The molecule has 2 N–H and O–H groups in total. The third-order valence-corrected chi connectivity index (χ3v) is 3.06. The van der Waals surface area contributed by atoms with Crippen LogP contribution in [0.1, 0.15) is 0 Å². The molecule has 3 amide bonds. The lowest BCUT2D eigenvalue weighted by atomic mass is 9.92. The number of amides is 3. The van der Waals surface area contributed by atoms with Crippen molar-refractivity contribution in [2.24, 2.45) is 5.92 Å². The number of rotatable bonds is 0. The summed E-state index contributed by atoms with van der Waals surface area (Å²) in [5.41, 5.74) is 0.838. The number of hydrogen-bond acceptors (Lipinski definition) is 2. The Morgan fingerprint density at radius 2 is 2.27 bits per heavy atom. The van der Waals surface area contributed by atoms with Crippen LogP contribution in [0, 0.1) is 5.92 Å². The van der Waals surface area contributed by atoms with Gasteiger partial charge >= 0.3 is 6.03 Å². The van der Waals surface area contributed by atoms with Crippen molar-refractivity contribution < 1.29 is 9.59 Å². The van der Waals surface area contributed by atoms with Gasteiger partial charge < -0.3 is 15.5 Å². The van der Waals surface area contributed by atoms with E-state index in [4.69, 9.17) is 0 Å². The number of nitrogens with one attached hydrogen (secondary N) is 2. The lowest BCUT2D eigenvalue weighted by Gasteiger charge is -2.25. The molecular formula is C10H11N3O2. The number of hydrogen-bond donors (Lipinski definition) is 2. The quantitative estimate of drug-likeness (QED) is 0.564. The van der Waals surface area contributed by atoms with Gasteiger partial charge in [-0.25, -0.2) is 4.79 Å². The molecule has 0 aromatic carbocycles. The van der Waals surface area contributed by atoms with Gasteiger partial charge in [0.1, 0.15) is 0 Å². The van der Waals surface area contributed by atoms with Gasteiger partial charge in [-0.2, -0.15) is 0 Å². The molecule has 5 heteroatoms. The molecule has 5 nitrogen and oxygen atoms in total. The summed E-state index contributed by atoms with van der Waals surface area (Å²) in [7, 11) is 0. The van der Waals surface area contributed by atoms with Crippen molar-refractivity contribution in [3.63, 3.8) is 0 Å². The fraction of sp³-hybridized carbons (Fsp3) is 0.400. The van der Waals surface area contributed by atoms with E-state index in [2.05, 4.69) is 10.6 Å². The summed E-state index contributed by atoms with van der Waals surface area (Å²) in [6.45, 7) is 1.10. The highest BCUT2D eigenvalue weighted by Crippen LogP contribution is 2.29. The molecule has 2 heterocycles. The predicted octanol–water partition coefficient (Wildman–Crippen LogP) is -0.420. The Hall–Kier alpha value is -1.78. The van der Waals surface area contributed by atoms with Crippen LogP contribution in [0.4, 0.5) is 4.79 Å². The van der Waals surface area contributed by atoms with Gasteiger partial charge in [0.2, 0.25) is 5.91 Å². The molecule has 2 atom stereocenters. The molecule has 78 valence electrons. The standard InChI is InChI=1S/C10H11N3O2/c14-9-6-2-1-3-7-8(6)13(5-4-11-9)10(15)12-7/h1-3,6,8H,4-5H2,(H,11,14)(H,12,15). The van der Waals surface area contributed by atoms with E-state index in [0.29, 0.717) is 13.1 Å². The van der Waals surface area contributed by atoms with E-state index in [9.17, 15) is 9.59 Å². The summed E-state index contributed by atoms with van der Waals surface area (Å²) < 4.78 is 0. The van der Waals surface area contributed by atoms with Gasteiger partial charge in [0, 0.05) is 18.8 Å². The third kappa shape index (κ3) is 1.09. The maximum absolute atomic E-state index is 11.7. The molecule has 3 rings (SSSR count). The van der Waals surface area contributed by atoms with E-state index in [0.717, 1.165) is 5.70 Å². The van der Waals surface area contributed by atoms with Gasteiger partial charge in [-0.15, -0.1) is 0 Å². The van der Waals surface area contributed by atoms with Crippen LogP contribution in [0.3, 0.4) is 0 Å². The average molecular weight is 205 g/mol. The van der Waals surface area contributed by atoms with Crippen LogP contribution in [-0.2, 0) is 4.79 Å². The zero-order chi connectivity index (χ0) is 10.4. The lowest BCUT2D eigenvalue weighted by molar-refractivity contribution is -0.123. The molecule has 2 unspecified atom stereocenters. The Morgan fingerprint density at radius 3 is 3.13 bits per heavy atom. The summed E-state index contributed by atoms with van der Waals surface area (Å²) in [5, 5.41) is 5.60. The molecule has 0 aromatic rings. The minimum absolute atomic E-state index is 0.000787. The highest BCUT2D eigenvalue weighted by atomic mass is 16.2. The van der Waals surface area contributed by atoms with E-state index in [1.54, 1.807) is 4.90 Å². The maximum Gasteiger partial charge on any atom is 0.322 e. The highest BCUT2D eigenvalue weighted by Gasteiger charge is 2.44. The molecule has 3 aliphatic rings. The second kappa shape index (κ2) is 2.85. The zero-order valence-electron chi connectivity index (χ0n) is 8.06. The molecule has 2 saturated heterocycles. The van der Waals surface area contributed by atoms with Crippen molar-refractivity contribution in [1.82, 2.24) is 15.5 Å². The SMILES string of the molecule is O=C1NCCN2C(=O)NC3=CC=CC1C32. The van der Waals surface area contributed by atoms with Gasteiger partial charge in [0.05, 0.1) is 12.0 Å². The second-order valence-corrected chi connectivity index (χ2v) is 3.89. The van der Waals surface area contributed by atoms with Gasteiger partial charge in [0.25, 0.3) is 0 Å². The number of carbonyl (C=O) groups is 2. The fourth-order valence-electron chi connectivity index (χ4n) is 2.36. The molecule has 0 bridgehead atoms. The Balaban J connectivity index is 2.06. The molecule has 0 saturated carbocycles. The van der Waals surface area contributed by atoms with Crippen molar-refractivity contribution >= 4 is 11.9 Å². The Bertz CT molecular complexity index is 399. The van der Waals surface area contributed by atoms with Crippen molar-refractivity contribution in [3.05, 3.63) is 23.9 Å². The van der Waals surface area contributed by atoms with Crippen LogP contribution in [0.5, 0.6) is 0 Å². The second-order valence-electron chi connectivity index (χ2n) is 3.89. The predicted molar refractivity (Wildman–Crippen MR) is 52.7 cm³/mol. The summed E-state index contributed by atoms with van der Waals surface area (Å²) in [4.78, 5) is 25.1. The summed E-state index contributed by atoms with van der Waals surface area (Å²) in [6.07, 6.45) is 5.53. The fourth-order valence-corrected chi connectivity index (χ4v) is 2.36.